The molecule has 2 aromatic heterocycles. The lowest BCUT2D eigenvalue weighted by atomic mass is 9.90. The van der Waals surface area contributed by atoms with Crippen molar-refractivity contribution in [2.75, 3.05) is 25.5 Å². The fourth-order valence-electron chi connectivity index (χ4n) is 3.58. The van der Waals surface area contributed by atoms with Crippen molar-refractivity contribution in [2.45, 2.75) is 44.7 Å². The number of pyridine rings is 1. The Hall–Kier alpha value is -2.11. The maximum atomic E-state index is 11.0. The number of nitrogens with one attached hydrogen (secondary N) is 2. The molecule has 0 radical (unpaired) electrons. The molecule has 1 amide bonds. The van der Waals surface area contributed by atoms with E-state index in [1.54, 1.807) is 19.2 Å². The molecule has 27 heavy (non-hydrogen) atoms. The Kier molecular flexibility index (Phi) is 6.34. The normalized spacial score (nSPS) is 19.8. The molecule has 8 heteroatoms. The number of rotatable bonds is 6. The van der Waals surface area contributed by atoms with E-state index in [-0.39, 0.29) is 11.7 Å². The average molecular weight is 434 g/mol. The van der Waals surface area contributed by atoms with Crippen molar-refractivity contribution in [1.82, 2.24) is 15.2 Å². The molecule has 144 valence electrons. The summed E-state index contributed by atoms with van der Waals surface area (Å²) in [6.45, 7) is 3.11. The smallest absolute Gasteiger partial charge is 0.216 e. The Balaban J connectivity index is 1.55. The number of hydrogen-bond acceptors (Lipinski definition) is 6. The van der Waals surface area contributed by atoms with Crippen molar-refractivity contribution in [3.05, 3.63) is 22.5 Å². The summed E-state index contributed by atoms with van der Waals surface area (Å²) in [7, 11) is 2.12. The number of nitriles is 1. The summed E-state index contributed by atoms with van der Waals surface area (Å²) in [5, 5.41) is 16.2. The standard InChI is InChI=1S/C19H24BrN5O2/c1-12(26)22-7-8-25(2)14-5-3-13(4-6-14)24-19-18(20)16-9-15(10-21)27-17(16)11-23-19/h9,11,13-14H,3-8H2,1-2H3,(H,22,26)(H,23,24). The van der Waals surface area contributed by atoms with Gasteiger partial charge in [0.15, 0.2) is 5.58 Å². The topological polar surface area (TPSA) is 94.2 Å². The molecule has 1 saturated carbocycles. The van der Waals surface area contributed by atoms with E-state index in [4.69, 9.17) is 9.68 Å². The van der Waals surface area contributed by atoms with Crippen LogP contribution in [0.3, 0.4) is 0 Å². The summed E-state index contributed by atoms with van der Waals surface area (Å²) in [5.41, 5.74) is 0.605. The van der Waals surface area contributed by atoms with Crippen LogP contribution in [0.1, 0.15) is 38.4 Å². The van der Waals surface area contributed by atoms with E-state index in [0.29, 0.717) is 24.2 Å². The van der Waals surface area contributed by atoms with Gasteiger partial charge in [0.05, 0.1) is 10.7 Å². The van der Waals surface area contributed by atoms with Gasteiger partial charge in [-0.3, -0.25) is 4.79 Å². The quantitative estimate of drug-likeness (QED) is 0.725. The zero-order valence-electron chi connectivity index (χ0n) is 15.6. The SMILES string of the molecule is CC(=O)NCCN(C)C1CCC(Nc2ncc3oc(C#N)cc3c2Br)CC1. The summed E-state index contributed by atoms with van der Waals surface area (Å²) in [6, 6.07) is 4.66. The molecule has 1 aliphatic carbocycles. The van der Waals surface area contributed by atoms with E-state index in [1.807, 2.05) is 6.07 Å². The van der Waals surface area contributed by atoms with E-state index in [2.05, 4.69) is 43.5 Å². The Labute approximate surface area is 167 Å². The van der Waals surface area contributed by atoms with Crippen LogP contribution in [0, 0.1) is 11.3 Å². The third kappa shape index (κ3) is 4.79. The largest absolute Gasteiger partial charge is 0.444 e. The van der Waals surface area contributed by atoms with E-state index in [9.17, 15) is 4.79 Å². The van der Waals surface area contributed by atoms with Gasteiger partial charge in [-0.25, -0.2) is 4.98 Å². The minimum Gasteiger partial charge on any atom is -0.444 e. The molecule has 0 bridgehead atoms. The van der Waals surface area contributed by atoms with Crippen LogP contribution in [0.2, 0.25) is 0 Å². The first-order chi connectivity index (χ1) is 13.0. The first-order valence-electron chi connectivity index (χ1n) is 9.17. The number of furan rings is 1. The van der Waals surface area contributed by atoms with Crippen molar-refractivity contribution in [3.8, 4) is 6.07 Å². The zero-order chi connectivity index (χ0) is 19.4. The summed E-state index contributed by atoms with van der Waals surface area (Å²) in [6.07, 6.45) is 6.01. The van der Waals surface area contributed by atoms with Crippen LogP contribution in [-0.2, 0) is 4.79 Å². The number of hydrogen-bond donors (Lipinski definition) is 2. The maximum absolute atomic E-state index is 11.0. The van der Waals surface area contributed by atoms with Gasteiger partial charge in [0.1, 0.15) is 11.9 Å². The minimum absolute atomic E-state index is 0.0193. The summed E-state index contributed by atoms with van der Waals surface area (Å²) in [4.78, 5) is 17.8. The van der Waals surface area contributed by atoms with Crippen LogP contribution in [0.15, 0.2) is 21.2 Å². The van der Waals surface area contributed by atoms with E-state index in [1.165, 1.54) is 0 Å². The van der Waals surface area contributed by atoms with Crippen LogP contribution < -0.4 is 10.6 Å². The van der Waals surface area contributed by atoms with Crippen LogP contribution >= 0.6 is 15.9 Å². The summed E-state index contributed by atoms with van der Waals surface area (Å²) in [5.74, 6) is 1.09. The third-order valence-corrected chi connectivity index (χ3v) is 5.93. The molecule has 2 N–H and O–H groups in total. The third-order valence-electron chi connectivity index (χ3n) is 5.13. The molecule has 3 rings (SSSR count). The molecule has 0 saturated heterocycles. The second-order valence-corrected chi connectivity index (χ2v) is 7.83. The number of likely N-dealkylation sites (N-methyl/N-ethyl adjacent to an activating group) is 1. The predicted octanol–water partition coefficient (Wildman–Crippen LogP) is 3.25. The highest BCUT2D eigenvalue weighted by Crippen LogP contribution is 2.33. The van der Waals surface area contributed by atoms with Crippen LogP contribution in [0.5, 0.6) is 0 Å². The molecule has 1 fully saturated rings. The maximum Gasteiger partial charge on any atom is 0.216 e. The number of amides is 1. The van der Waals surface area contributed by atoms with Gasteiger partial charge in [-0.15, -0.1) is 0 Å². The van der Waals surface area contributed by atoms with E-state index in [0.717, 1.165) is 47.9 Å². The molecule has 1 aliphatic rings. The fourth-order valence-corrected chi connectivity index (χ4v) is 4.11. The number of fused-ring (bicyclic) bond motifs is 1. The van der Waals surface area contributed by atoms with Gasteiger partial charge in [0, 0.05) is 43.5 Å². The van der Waals surface area contributed by atoms with Crippen molar-refractivity contribution in [3.63, 3.8) is 0 Å². The first-order valence-corrected chi connectivity index (χ1v) is 9.96. The predicted molar refractivity (Wildman–Crippen MR) is 107 cm³/mol. The van der Waals surface area contributed by atoms with Crippen molar-refractivity contribution >= 4 is 38.6 Å². The fraction of sp³-hybridized carbons (Fsp3) is 0.526. The zero-order valence-corrected chi connectivity index (χ0v) is 17.2. The lowest BCUT2D eigenvalue weighted by molar-refractivity contribution is -0.119. The molecular formula is C19H24BrN5O2. The molecule has 0 aromatic carbocycles. The number of nitrogens with zero attached hydrogens (tertiary/aromatic N) is 3. The highest BCUT2D eigenvalue weighted by molar-refractivity contribution is 9.10. The number of aromatic nitrogens is 1. The van der Waals surface area contributed by atoms with Crippen LogP contribution in [-0.4, -0.2) is 48.0 Å². The average Bonchev–Trinajstić information content (AvgIpc) is 3.08. The number of carbonyl (C=O) groups is 1. The monoisotopic (exact) mass is 433 g/mol. The lowest BCUT2D eigenvalue weighted by Gasteiger charge is -2.35. The number of carbonyl (C=O) groups excluding carboxylic acids is 1. The summed E-state index contributed by atoms with van der Waals surface area (Å²) < 4.78 is 6.25. The Morgan fingerprint density at radius 1 is 1.44 bits per heavy atom. The molecular weight excluding hydrogens is 410 g/mol. The Morgan fingerprint density at radius 3 is 2.85 bits per heavy atom. The van der Waals surface area contributed by atoms with Gasteiger partial charge in [-0.2, -0.15) is 5.26 Å². The van der Waals surface area contributed by atoms with Crippen molar-refractivity contribution in [2.24, 2.45) is 0 Å². The van der Waals surface area contributed by atoms with Gasteiger partial charge in [-0.1, -0.05) is 0 Å². The Bertz CT molecular complexity index is 852. The molecule has 0 atom stereocenters. The van der Waals surface area contributed by atoms with Crippen molar-refractivity contribution in [1.29, 1.82) is 5.26 Å². The second-order valence-electron chi connectivity index (χ2n) is 7.03. The Morgan fingerprint density at radius 2 is 2.19 bits per heavy atom. The molecule has 2 aromatic rings. The molecule has 0 unspecified atom stereocenters. The molecule has 0 spiro atoms. The highest BCUT2D eigenvalue weighted by atomic mass is 79.9. The first kappa shape index (κ1) is 19.6. The number of halogens is 1. The van der Waals surface area contributed by atoms with Crippen molar-refractivity contribution < 1.29 is 9.21 Å². The van der Waals surface area contributed by atoms with Gasteiger partial charge >= 0.3 is 0 Å². The molecule has 7 nitrogen and oxygen atoms in total. The van der Waals surface area contributed by atoms with Gasteiger partial charge in [0.25, 0.3) is 0 Å². The molecule has 2 heterocycles. The molecule has 0 aliphatic heterocycles. The van der Waals surface area contributed by atoms with Crippen LogP contribution in [0.4, 0.5) is 5.82 Å². The van der Waals surface area contributed by atoms with Gasteiger partial charge in [0.2, 0.25) is 11.7 Å². The second kappa shape index (κ2) is 8.72. The van der Waals surface area contributed by atoms with Gasteiger partial charge < -0.3 is 20.0 Å². The lowest BCUT2D eigenvalue weighted by Crippen LogP contribution is -2.41. The van der Waals surface area contributed by atoms with E-state index < -0.39 is 0 Å². The van der Waals surface area contributed by atoms with E-state index >= 15 is 0 Å². The highest BCUT2D eigenvalue weighted by Gasteiger charge is 2.25. The number of anilines is 1. The van der Waals surface area contributed by atoms with Crippen LogP contribution in [0.25, 0.3) is 11.0 Å². The van der Waals surface area contributed by atoms with Gasteiger partial charge in [-0.05, 0) is 48.7 Å². The summed E-state index contributed by atoms with van der Waals surface area (Å²) >= 11 is 3.59. The minimum atomic E-state index is 0.0193.